The van der Waals surface area contributed by atoms with Crippen molar-refractivity contribution in [1.29, 1.82) is 0 Å². The van der Waals surface area contributed by atoms with Crippen molar-refractivity contribution in [3.05, 3.63) is 84.7 Å². The molecule has 4 aliphatic rings. The number of nitrogens with zero attached hydrogens (tertiary/aromatic N) is 3. The van der Waals surface area contributed by atoms with Crippen molar-refractivity contribution in [2.75, 3.05) is 0 Å². The number of imidazole rings is 2. The fourth-order valence-electron chi connectivity index (χ4n) is 7.92. The molecule has 2 saturated carbocycles. The molecule has 4 heterocycles. The summed E-state index contributed by atoms with van der Waals surface area (Å²) in [6.07, 6.45) is 9.45. The van der Waals surface area contributed by atoms with E-state index in [-0.39, 0.29) is 18.2 Å². The topological polar surface area (TPSA) is 98.9 Å². The molecule has 0 spiro atoms. The average Bonchev–Trinajstić information content (AvgIpc) is 3.48. The summed E-state index contributed by atoms with van der Waals surface area (Å²) in [6, 6.07) is 23.2. The average molecular weight is 613 g/mol. The highest BCUT2D eigenvalue weighted by Gasteiger charge is 2.56. The molecule has 3 aromatic carbocycles. The maximum Gasteiger partial charge on any atom is 0.411 e. The Balaban J connectivity index is 0.907. The third kappa shape index (κ3) is 4.90. The summed E-state index contributed by atoms with van der Waals surface area (Å²) in [6.45, 7) is 5.74. The normalized spacial score (nSPS) is 26.5. The number of carbonyl (C=O) groups excluding carboxylic acids is 1. The Labute approximate surface area is 269 Å². The van der Waals surface area contributed by atoms with Crippen molar-refractivity contribution in [3.8, 4) is 33.6 Å². The number of ether oxygens (including phenoxy) is 1. The minimum atomic E-state index is -0.520. The summed E-state index contributed by atoms with van der Waals surface area (Å²) in [7, 11) is 0. The van der Waals surface area contributed by atoms with Gasteiger partial charge in [-0.2, -0.15) is 0 Å². The summed E-state index contributed by atoms with van der Waals surface area (Å²) < 4.78 is 5.74. The van der Waals surface area contributed by atoms with Crippen molar-refractivity contribution in [3.63, 3.8) is 0 Å². The first-order valence-corrected chi connectivity index (χ1v) is 16.8. The predicted octanol–water partition coefficient (Wildman–Crippen LogP) is 8.17. The van der Waals surface area contributed by atoms with Crippen LogP contribution in [0, 0.1) is 11.8 Å². The molecule has 9 rings (SSSR count). The molecular weight excluding hydrogens is 572 g/mol. The lowest BCUT2D eigenvalue weighted by molar-refractivity contribution is 0.0175. The number of aromatic amines is 2. The minimum Gasteiger partial charge on any atom is -0.444 e. The van der Waals surface area contributed by atoms with E-state index in [0.29, 0.717) is 18.0 Å². The zero-order valence-corrected chi connectivity index (χ0v) is 26.6. The zero-order chi connectivity index (χ0) is 31.2. The van der Waals surface area contributed by atoms with Gasteiger partial charge >= 0.3 is 6.09 Å². The van der Waals surface area contributed by atoms with Crippen molar-refractivity contribution >= 4 is 16.9 Å². The van der Waals surface area contributed by atoms with Crippen LogP contribution in [0.2, 0.25) is 0 Å². The Morgan fingerprint density at radius 2 is 1.41 bits per heavy atom. The van der Waals surface area contributed by atoms with Crippen LogP contribution in [0.5, 0.6) is 0 Å². The quantitative estimate of drug-likeness (QED) is 0.186. The first-order valence-electron chi connectivity index (χ1n) is 16.8. The number of rotatable bonds is 5. The molecule has 0 bridgehead atoms. The number of hydrogen-bond acceptors (Lipinski definition) is 5. The van der Waals surface area contributed by atoms with Gasteiger partial charge in [0.05, 0.1) is 35.9 Å². The van der Waals surface area contributed by atoms with E-state index in [0.717, 1.165) is 52.9 Å². The molecule has 2 aliphatic carbocycles. The molecule has 0 radical (unpaired) electrons. The van der Waals surface area contributed by atoms with E-state index in [4.69, 9.17) is 14.7 Å². The van der Waals surface area contributed by atoms with E-state index in [1.54, 1.807) is 0 Å². The molecule has 2 aliphatic heterocycles. The second-order valence-electron chi connectivity index (χ2n) is 14.8. The van der Waals surface area contributed by atoms with Crippen LogP contribution >= 0.6 is 0 Å². The smallest absolute Gasteiger partial charge is 0.411 e. The van der Waals surface area contributed by atoms with Gasteiger partial charge in [0.1, 0.15) is 17.2 Å². The van der Waals surface area contributed by atoms with Gasteiger partial charge in [0.25, 0.3) is 0 Å². The van der Waals surface area contributed by atoms with Gasteiger partial charge in [-0.05, 0) is 104 Å². The number of fused-ring (bicyclic) bond motifs is 3. The fourth-order valence-corrected chi connectivity index (χ4v) is 7.92. The third-order valence-corrected chi connectivity index (χ3v) is 10.6. The maximum atomic E-state index is 13.0. The van der Waals surface area contributed by atoms with E-state index >= 15 is 0 Å². The second kappa shape index (κ2) is 10.3. The summed E-state index contributed by atoms with van der Waals surface area (Å²) >= 11 is 0. The van der Waals surface area contributed by atoms with Crippen LogP contribution in [0.25, 0.3) is 44.4 Å². The zero-order valence-electron chi connectivity index (χ0n) is 26.6. The Morgan fingerprint density at radius 3 is 2.11 bits per heavy atom. The number of H-pyrrole nitrogens is 2. The molecule has 3 N–H and O–H groups in total. The first-order chi connectivity index (χ1) is 22.3. The van der Waals surface area contributed by atoms with Gasteiger partial charge in [0.15, 0.2) is 0 Å². The summed E-state index contributed by atoms with van der Waals surface area (Å²) in [4.78, 5) is 31.5. The number of amides is 1. The lowest BCUT2D eigenvalue weighted by Crippen LogP contribution is -2.38. The van der Waals surface area contributed by atoms with Gasteiger partial charge < -0.3 is 20.0 Å². The number of benzene rings is 3. The van der Waals surface area contributed by atoms with Crippen LogP contribution in [0.4, 0.5) is 4.79 Å². The lowest BCUT2D eigenvalue weighted by Gasteiger charge is -2.29. The number of piperidine rings is 1. The molecule has 0 unspecified atom stereocenters. The lowest BCUT2D eigenvalue weighted by atomic mass is 9.80. The van der Waals surface area contributed by atoms with E-state index in [1.165, 1.54) is 41.2 Å². The van der Waals surface area contributed by atoms with Crippen LogP contribution in [0.15, 0.2) is 73.1 Å². The minimum absolute atomic E-state index is 0.0727. The van der Waals surface area contributed by atoms with Crippen LogP contribution in [0.1, 0.15) is 76.6 Å². The molecule has 1 amide bonds. The number of nitrogens with one attached hydrogen (secondary N) is 3. The maximum absolute atomic E-state index is 13.0. The standard InChI is InChI=1S/C38H40N6O2/c1-38(2,3)46-37(45)44-33-17-28(33)18-34(44)36-40-20-32(43-36)26-11-10-24-14-23(8-9-25(24)15-26)21-4-6-22(7-5-21)31-19-39-35(42-31)30-16-27-12-13-29(27)41-30/h4-11,14-15,19-20,27-30,33-34,41H,12-13,16-18H2,1-3H3,(H,39,42)(H,40,43)/t27-,28-,29-,30+,33-,34+/m1/s1. The molecule has 2 aromatic heterocycles. The van der Waals surface area contributed by atoms with Gasteiger partial charge in [-0.25, -0.2) is 14.8 Å². The third-order valence-electron chi connectivity index (χ3n) is 10.6. The van der Waals surface area contributed by atoms with Crippen LogP contribution < -0.4 is 5.32 Å². The van der Waals surface area contributed by atoms with Crippen molar-refractivity contribution in [2.45, 2.75) is 82.6 Å². The number of carbonyl (C=O) groups is 1. The molecule has 8 nitrogen and oxygen atoms in total. The highest BCUT2D eigenvalue weighted by molar-refractivity contribution is 5.90. The summed E-state index contributed by atoms with van der Waals surface area (Å²) in [5, 5.41) is 6.10. The van der Waals surface area contributed by atoms with E-state index in [2.05, 4.69) is 75.9 Å². The molecule has 5 aromatic rings. The number of aromatic nitrogens is 4. The van der Waals surface area contributed by atoms with Crippen molar-refractivity contribution in [1.82, 2.24) is 30.2 Å². The highest BCUT2D eigenvalue weighted by Crippen LogP contribution is 2.53. The molecular formula is C38H40N6O2. The predicted molar refractivity (Wildman–Crippen MR) is 179 cm³/mol. The summed E-state index contributed by atoms with van der Waals surface area (Å²) in [5.41, 5.74) is 6.11. The molecule has 2 saturated heterocycles. The van der Waals surface area contributed by atoms with Crippen molar-refractivity contribution in [2.24, 2.45) is 11.8 Å². The van der Waals surface area contributed by atoms with Crippen molar-refractivity contribution < 1.29 is 9.53 Å². The Kier molecular flexibility index (Phi) is 6.23. The monoisotopic (exact) mass is 612 g/mol. The highest BCUT2D eigenvalue weighted by atomic mass is 16.6. The summed E-state index contributed by atoms with van der Waals surface area (Å²) in [5.74, 6) is 3.27. The van der Waals surface area contributed by atoms with Crippen LogP contribution in [-0.4, -0.2) is 48.6 Å². The second-order valence-corrected chi connectivity index (χ2v) is 14.8. The number of hydrogen-bond donors (Lipinski definition) is 3. The van der Waals surface area contributed by atoms with Gasteiger partial charge in [-0.3, -0.25) is 4.90 Å². The van der Waals surface area contributed by atoms with Gasteiger partial charge in [0.2, 0.25) is 0 Å². The molecule has 6 atom stereocenters. The van der Waals surface area contributed by atoms with E-state index < -0.39 is 5.60 Å². The Morgan fingerprint density at radius 1 is 0.761 bits per heavy atom. The largest absolute Gasteiger partial charge is 0.444 e. The van der Waals surface area contributed by atoms with E-state index in [1.807, 2.05) is 38.1 Å². The number of likely N-dealkylation sites (tertiary alicyclic amines) is 1. The van der Waals surface area contributed by atoms with Gasteiger partial charge in [0, 0.05) is 17.6 Å². The Bertz CT molecular complexity index is 1940. The SMILES string of the molecule is CC(C)(C)OC(=O)N1[C@@H]2C[C@@H]2C[C@H]1c1ncc(-c2ccc3cc(-c4ccc(-c5cnc([C@@H]6C[C@H]7CC[C@H]7N6)[nH]5)cc4)ccc3c2)[nH]1. The van der Waals surface area contributed by atoms with Gasteiger partial charge in [-0.1, -0.05) is 48.5 Å². The molecule has 4 fully saturated rings. The molecule has 8 heteroatoms. The first kappa shape index (κ1) is 27.8. The van der Waals surface area contributed by atoms with Crippen LogP contribution in [-0.2, 0) is 4.74 Å². The van der Waals surface area contributed by atoms with Gasteiger partial charge in [-0.15, -0.1) is 0 Å². The van der Waals surface area contributed by atoms with Crippen LogP contribution in [0.3, 0.4) is 0 Å². The fraction of sp³-hybridized carbons (Fsp3) is 0.395. The Hall–Kier alpha value is -4.43. The molecule has 234 valence electrons. The molecule has 46 heavy (non-hydrogen) atoms. The van der Waals surface area contributed by atoms with E-state index in [9.17, 15) is 4.79 Å².